The van der Waals surface area contributed by atoms with Crippen molar-refractivity contribution in [1.29, 1.82) is 0 Å². The molecule has 1 aromatic heterocycles. The molecule has 0 spiro atoms. The molecule has 4 heteroatoms. The van der Waals surface area contributed by atoms with Crippen LogP contribution in [0.3, 0.4) is 0 Å². The van der Waals surface area contributed by atoms with Crippen molar-refractivity contribution >= 4 is 11.4 Å². The minimum absolute atomic E-state index is 0.611. The van der Waals surface area contributed by atoms with Gasteiger partial charge in [0, 0.05) is 26.8 Å². The molecule has 0 amide bonds. The second-order valence-electron chi connectivity index (χ2n) is 4.46. The van der Waals surface area contributed by atoms with E-state index < -0.39 is 0 Å². The van der Waals surface area contributed by atoms with Crippen LogP contribution in [0.15, 0.2) is 18.5 Å². The number of nitrogens with one attached hydrogen (secondary N) is 2. The summed E-state index contributed by atoms with van der Waals surface area (Å²) in [6.45, 7) is 6.88. The van der Waals surface area contributed by atoms with Gasteiger partial charge in [0.1, 0.15) is 0 Å². The molecule has 96 valence electrons. The molecule has 0 unspecified atom stereocenters. The summed E-state index contributed by atoms with van der Waals surface area (Å²) < 4.78 is 5.51. The van der Waals surface area contributed by atoms with Crippen LogP contribution >= 0.6 is 0 Å². The molecule has 0 atom stereocenters. The Labute approximate surface area is 104 Å². The Morgan fingerprint density at radius 1 is 1.29 bits per heavy atom. The van der Waals surface area contributed by atoms with E-state index in [1.165, 1.54) is 0 Å². The Kier molecular flexibility index (Phi) is 6.40. The molecule has 0 saturated heterocycles. The van der Waals surface area contributed by atoms with Gasteiger partial charge in [0.05, 0.1) is 23.8 Å². The molecule has 1 aromatic rings. The Morgan fingerprint density at radius 3 is 2.76 bits per heavy atom. The van der Waals surface area contributed by atoms with E-state index in [9.17, 15) is 0 Å². The normalized spacial score (nSPS) is 10.6. The van der Waals surface area contributed by atoms with E-state index in [4.69, 9.17) is 4.74 Å². The summed E-state index contributed by atoms with van der Waals surface area (Å²) in [5.74, 6) is 0.611. The first-order chi connectivity index (χ1) is 8.22. The van der Waals surface area contributed by atoms with Crippen molar-refractivity contribution in [2.45, 2.75) is 20.3 Å². The molecule has 0 aliphatic rings. The average molecular weight is 237 g/mol. The van der Waals surface area contributed by atoms with Gasteiger partial charge in [0.2, 0.25) is 0 Å². The third-order valence-corrected chi connectivity index (χ3v) is 2.27. The maximum Gasteiger partial charge on any atom is 0.0547 e. The first kappa shape index (κ1) is 13.8. The van der Waals surface area contributed by atoms with Gasteiger partial charge >= 0.3 is 0 Å². The largest absolute Gasteiger partial charge is 0.387 e. The lowest BCUT2D eigenvalue weighted by Crippen LogP contribution is -2.08. The Morgan fingerprint density at radius 2 is 2.06 bits per heavy atom. The Hall–Kier alpha value is -1.29. The zero-order valence-corrected chi connectivity index (χ0v) is 11.0. The van der Waals surface area contributed by atoms with Crippen LogP contribution in [0.5, 0.6) is 0 Å². The van der Waals surface area contributed by atoms with Crippen LogP contribution in [0.1, 0.15) is 20.3 Å². The second kappa shape index (κ2) is 7.90. The van der Waals surface area contributed by atoms with Gasteiger partial charge in [0.25, 0.3) is 0 Å². The van der Waals surface area contributed by atoms with Crippen LogP contribution in [0, 0.1) is 5.92 Å². The standard InChI is InChI=1S/C13H23N3O/c1-11(2)10-17-6-4-5-16-13-7-12(14-3)8-15-9-13/h7-9,11,14,16H,4-6,10H2,1-3H3. The SMILES string of the molecule is CNc1cncc(NCCCOCC(C)C)c1. The van der Waals surface area contributed by atoms with Crippen LogP contribution in [0.25, 0.3) is 0 Å². The quantitative estimate of drug-likeness (QED) is 0.682. The zero-order valence-electron chi connectivity index (χ0n) is 11.0. The lowest BCUT2D eigenvalue weighted by molar-refractivity contribution is 0.110. The molecule has 0 saturated carbocycles. The van der Waals surface area contributed by atoms with Crippen molar-refractivity contribution in [1.82, 2.24) is 4.98 Å². The van der Waals surface area contributed by atoms with E-state index in [0.717, 1.165) is 37.6 Å². The molecule has 0 aliphatic heterocycles. The number of nitrogens with zero attached hydrogens (tertiary/aromatic N) is 1. The molecule has 0 aliphatic carbocycles. The average Bonchev–Trinajstić information content (AvgIpc) is 2.33. The van der Waals surface area contributed by atoms with E-state index in [0.29, 0.717) is 5.92 Å². The molecule has 0 radical (unpaired) electrons. The van der Waals surface area contributed by atoms with E-state index >= 15 is 0 Å². The third-order valence-electron chi connectivity index (χ3n) is 2.27. The van der Waals surface area contributed by atoms with Gasteiger partial charge in [-0.25, -0.2) is 0 Å². The smallest absolute Gasteiger partial charge is 0.0547 e. The van der Waals surface area contributed by atoms with Crippen molar-refractivity contribution < 1.29 is 4.74 Å². The fraction of sp³-hybridized carbons (Fsp3) is 0.615. The molecular weight excluding hydrogens is 214 g/mol. The van der Waals surface area contributed by atoms with Gasteiger partial charge in [-0.05, 0) is 18.4 Å². The molecule has 2 N–H and O–H groups in total. The topological polar surface area (TPSA) is 46.2 Å². The Bertz CT molecular complexity index is 315. The molecule has 0 bridgehead atoms. The number of ether oxygens (including phenoxy) is 1. The van der Waals surface area contributed by atoms with E-state index in [-0.39, 0.29) is 0 Å². The van der Waals surface area contributed by atoms with Crippen LogP contribution in [0.2, 0.25) is 0 Å². The molecule has 1 rings (SSSR count). The highest BCUT2D eigenvalue weighted by molar-refractivity contribution is 5.53. The predicted molar refractivity (Wildman–Crippen MR) is 72.5 cm³/mol. The van der Waals surface area contributed by atoms with Crippen LogP contribution in [-0.4, -0.2) is 31.8 Å². The molecule has 0 aromatic carbocycles. The summed E-state index contributed by atoms with van der Waals surface area (Å²) in [7, 11) is 1.89. The van der Waals surface area contributed by atoms with E-state index in [1.54, 1.807) is 6.20 Å². The minimum Gasteiger partial charge on any atom is -0.387 e. The molecule has 4 nitrogen and oxygen atoms in total. The highest BCUT2D eigenvalue weighted by Gasteiger charge is 1.96. The van der Waals surface area contributed by atoms with Crippen LogP contribution in [0.4, 0.5) is 11.4 Å². The third kappa shape index (κ3) is 6.12. The highest BCUT2D eigenvalue weighted by Crippen LogP contribution is 2.11. The first-order valence-electron chi connectivity index (χ1n) is 6.16. The molecule has 1 heterocycles. The van der Waals surface area contributed by atoms with Gasteiger partial charge in [-0.3, -0.25) is 4.98 Å². The summed E-state index contributed by atoms with van der Waals surface area (Å²) in [4.78, 5) is 4.14. The zero-order chi connectivity index (χ0) is 12.5. The Balaban J connectivity index is 2.13. The fourth-order valence-electron chi connectivity index (χ4n) is 1.40. The van der Waals surface area contributed by atoms with Crippen LogP contribution in [-0.2, 0) is 4.74 Å². The van der Waals surface area contributed by atoms with Crippen molar-refractivity contribution in [2.24, 2.45) is 5.92 Å². The van der Waals surface area contributed by atoms with Crippen molar-refractivity contribution in [3.8, 4) is 0 Å². The number of pyridine rings is 1. The molecule has 0 fully saturated rings. The van der Waals surface area contributed by atoms with E-state index in [1.807, 2.05) is 19.3 Å². The maximum atomic E-state index is 5.51. The number of aromatic nitrogens is 1. The molecule has 17 heavy (non-hydrogen) atoms. The summed E-state index contributed by atoms with van der Waals surface area (Å²) in [5.41, 5.74) is 2.06. The summed E-state index contributed by atoms with van der Waals surface area (Å²) >= 11 is 0. The summed E-state index contributed by atoms with van der Waals surface area (Å²) in [6, 6.07) is 2.04. The van der Waals surface area contributed by atoms with Gasteiger partial charge in [-0.2, -0.15) is 0 Å². The lowest BCUT2D eigenvalue weighted by atomic mass is 10.2. The highest BCUT2D eigenvalue weighted by atomic mass is 16.5. The maximum absolute atomic E-state index is 5.51. The van der Waals surface area contributed by atoms with Crippen LogP contribution < -0.4 is 10.6 Å². The fourth-order valence-corrected chi connectivity index (χ4v) is 1.40. The van der Waals surface area contributed by atoms with Crippen molar-refractivity contribution in [3.05, 3.63) is 18.5 Å². The second-order valence-corrected chi connectivity index (χ2v) is 4.46. The monoisotopic (exact) mass is 237 g/mol. The van der Waals surface area contributed by atoms with Gasteiger partial charge in [-0.15, -0.1) is 0 Å². The number of rotatable bonds is 8. The number of hydrogen-bond acceptors (Lipinski definition) is 4. The van der Waals surface area contributed by atoms with E-state index in [2.05, 4.69) is 29.5 Å². The lowest BCUT2D eigenvalue weighted by Gasteiger charge is -2.09. The summed E-state index contributed by atoms with van der Waals surface area (Å²) in [5, 5.41) is 6.39. The predicted octanol–water partition coefficient (Wildman–Crippen LogP) is 2.60. The van der Waals surface area contributed by atoms with Gasteiger partial charge in [-0.1, -0.05) is 13.8 Å². The number of anilines is 2. The van der Waals surface area contributed by atoms with Gasteiger partial charge in [0.15, 0.2) is 0 Å². The summed E-state index contributed by atoms with van der Waals surface area (Å²) in [6.07, 6.45) is 4.64. The van der Waals surface area contributed by atoms with Crippen molar-refractivity contribution in [2.75, 3.05) is 37.4 Å². The molecular formula is C13H23N3O. The van der Waals surface area contributed by atoms with Gasteiger partial charge < -0.3 is 15.4 Å². The first-order valence-corrected chi connectivity index (χ1v) is 6.16. The van der Waals surface area contributed by atoms with Crippen molar-refractivity contribution in [3.63, 3.8) is 0 Å². The number of hydrogen-bond donors (Lipinski definition) is 2. The minimum atomic E-state index is 0.611.